The predicted octanol–water partition coefficient (Wildman–Crippen LogP) is 2.08. The van der Waals surface area contributed by atoms with E-state index >= 15 is 0 Å². The van der Waals surface area contributed by atoms with Gasteiger partial charge in [0.25, 0.3) is 0 Å². The molecule has 2 aromatic rings. The van der Waals surface area contributed by atoms with Gasteiger partial charge in [-0.05, 0) is 30.7 Å². The molecule has 1 atom stereocenters. The number of anilines is 1. The van der Waals surface area contributed by atoms with Crippen molar-refractivity contribution in [2.75, 3.05) is 12.8 Å². The summed E-state index contributed by atoms with van der Waals surface area (Å²) in [5, 5.41) is 4.20. The smallest absolute Gasteiger partial charge is 0.122 e. The van der Waals surface area contributed by atoms with Gasteiger partial charge in [-0.1, -0.05) is 12.1 Å². The van der Waals surface area contributed by atoms with Crippen LogP contribution in [0.15, 0.2) is 36.5 Å². The third-order valence-electron chi connectivity index (χ3n) is 2.67. The minimum atomic E-state index is 0.126. The molecule has 0 bridgehead atoms. The van der Waals surface area contributed by atoms with E-state index in [1.54, 1.807) is 24.1 Å². The third-order valence-corrected chi connectivity index (χ3v) is 2.67. The van der Waals surface area contributed by atoms with Crippen LogP contribution < -0.4 is 10.5 Å². The zero-order chi connectivity index (χ0) is 11.5. The van der Waals surface area contributed by atoms with Crippen LogP contribution in [0, 0.1) is 0 Å². The molecule has 1 aromatic carbocycles. The highest BCUT2D eigenvalue weighted by atomic mass is 16.5. The molecule has 0 fully saturated rings. The van der Waals surface area contributed by atoms with E-state index in [0.29, 0.717) is 5.82 Å². The maximum atomic E-state index is 5.81. The molecule has 0 amide bonds. The van der Waals surface area contributed by atoms with Gasteiger partial charge in [-0.25, -0.2) is 4.68 Å². The van der Waals surface area contributed by atoms with Gasteiger partial charge in [0.15, 0.2) is 0 Å². The Morgan fingerprint density at radius 2 is 1.94 bits per heavy atom. The van der Waals surface area contributed by atoms with Gasteiger partial charge in [-0.15, -0.1) is 0 Å². The molecular formula is C12H15N3O. The lowest BCUT2D eigenvalue weighted by molar-refractivity contribution is 0.414. The topological polar surface area (TPSA) is 53.1 Å². The number of nitrogen functional groups attached to an aromatic ring is 1. The van der Waals surface area contributed by atoms with Crippen LogP contribution in [0.25, 0.3) is 0 Å². The summed E-state index contributed by atoms with van der Waals surface area (Å²) >= 11 is 0. The van der Waals surface area contributed by atoms with Gasteiger partial charge in [0.2, 0.25) is 0 Å². The monoisotopic (exact) mass is 217 g/mol. The maximum absolute atomic E-state index is 5.81. The number of aromatic nitrogens is 2. The zero-order valence-electron chi connectivity index (χ0n) is 9.42. The van der Waals surface area contributed by atoms with E-state index in [1.807, 2.05) is 24.3 Å². The summed E-state index contributed by atoms with van der Waals surface area (Å²) in [6, 6.07) is 9.83. The lowest BCUT2D eigenvalue weighted by Crippen LogP contribution is -2.11. The molecule has 2 N–H and O–H groups in total. The number of hydrogen-bond acceptors (Lipinski definition) is 3. The molecule has 0 aliphatic heterocycles. The molecule has 1 aromatic heterocycles. The first-order valence-electron chi connectivity index (χ1n) is 5.15. The van der Waals surface area contributed by atoms with Gasteiger partial charge in [0.05, 0.1) is 19.3 Å². The van der Waals surface area contributed by atoms with Crippen LogP contribution in [0.1, 0.15) is 18.5 Å². The molecule has 0 aliphatic carbocycles. The summed E-state index contributed by atoms with van der Waals surface area (Å²) in [5.74, 6) is 1.52. The Labute approximate surface area is 94.6 Å². The van der Waals surface area contributed by atoms with E-state index in [2.05, 4.69) is 12.0 Å². The Bertz CT molecular complexity index is 461. The molecule has 0 spiro atoms. The molecule has 16 heavy (non-hydrogen) atoms. The predicted molar refractivity (Wildman–Crippen MR) is 63.4 cm³/mol. The van der Waals surface area contributed by atoms with Gasteiger partial charge < -0.3 is 10.5 Å². The number of hydrogen-bond donors (Lipinski definition) is 1. The van der Waals surface area contributed by atoms with E-state index in [9.17, 15) is 0 Å². The van der Waals surface area contributed by atoms with Gasteiger partial charge in [-0.2, -0.15) is 5.10 Å². The van der Waals surface area contributed by atoms with Gasteiger partial charge in [0, 0.05) is 0 Å². The molecule has 2 rings (SSSR count). The van der Waals surface area contributed by atoms with Gasteiger partial charge in [-0.3, -0.25) is 0 Å². The van der Waals surface area contributed by atoms with Crippen LogP contribution in [-0.2, 0) is 0 Å². The highest BCUT2D eigenvalue weighted by molar-refractivity contribution is 5.33. The third kappa shape index (κ3) is 1.86. The van der Waals surface area contributed by atoms with E-state index in [1.165, 1.54) is 0 Å². The first kappa shape index (κ1) is 10.5. The Morgan fingerprint density at radius 3 is 2.44 bits per heavy atom. The molecule has 0 saturated heterocycles. The molecule has 0 radical (unpaired) electrons. The lowest BCUT2D eigenvalue weighted by atomic mass is 10.1. The molecule has 0 unspecified atom stereocenters. The standard InChI is InChI=1S/C12H15N3O/c1-9(15-12(13)7-8-14-15)10-3-5-11(16-2)6-4-10/h3-9H,13H2,1-2H3/t9-/m0/s1. The summed E-state index contributed by atoms with van der Waals surface area (Å²) in [5.41, 5.74) is 6.96. The van der Waals surface area contributed by atoms with Crippen molar-refractivity contribution in [2.45, 2.75) is 13.0 Å². The van der Waals surface area contributed by atoms with Crippen LogP contribution in [0.4, 0.5) is 5.82 Å². The SMILES string of the molecule is COc1ccc([C@H](C)n2nccc2N)cc1. The Hall–Kier alpha value is -1.97. The Balaban J connectivity index is 2.27. The second-order valence-electron chi connectivity index (χ2n) is 3.65. The molecule has 0 aliphatic rings. The summed E-state index contributed by atoms with van der Waals surface area (Å²) in [6.45, 7) is 2.06. The zero-order valence-corrected chi connectivity index (χ0v) is 9.42. The van der Waals surface area contributed by atoms with Crippen LogP contribution in [-0.4, -0.2) is 16.9 Å². The first-order chi connectivity index (χ1) is 7.72. The second-order valence-corrected chi connectivity index (χ2v) is 3.65. The number of benzene rings is 1. The fourth-order valence-electron chi connectivity index (χ4n) is 1.67. The number of ether oxygens (including phenoxy) is 1. The Morgan fingerprint density at radius 1 is 1.25 bits per heavy atom. The minimum Gasteiger partial charge on any atom is -0.497 e. The average molecular weight is 217 g/mol. The van der Waals surface area contributed by atoms with Crippen molar-refractivity contribution in [1.29, 1.82) is 0 Å². The number of methoxy groups -OCH3 is 1. The van der Waals surface area contributed by atoms with E-state index in [-0.39, 0.29) is 6.04 Å². The van der Waals surface area contributed by atoms with Crippen molar-refractivity contribution in [3.8, 4) is 5.75 Å². The fraction of sp³-hybridized carbons (Fsp3) is 0.250. The Kier molecular flexibility index (Phi) is 2.81. The van der Waals surface area contributed by atoms with Crippen LogP contribution in [0.3, 0.4) is 0 Å². The molecule has 1 heterocycles. The van der Waals surface area contributed by atoms with E-state index in [4.69, 9.17) is 10.5 Å². The quantitative estimate of drug-likeness (QED) is 0.856. The van der Waals surface area contributed by atoms with Crippen LogP contribution in [0.5, 0.6) is 5.75 Å². The number of rotatable bonds is 3. The van der Waals surface area contributed by atoms with Crippen molar-refractivity contribution in [3.05, 3.63) is 42.1 Å². The lowest BCUT2D eigenvalue weighted by Gasteiger charge is -2.14. The van der Waals surface area contributed by atoms with Gasteiger partial charge in [0.1, 0.15) is 11.6 Å². The summed E-state index contributed by atoms with van der Waals surface area (Å²) < 4.78 is 6.91. The van der Waals surface area contributed by atoms with Gasteiger partial charge >= 0.3 is 0 Å². The molecule has 84 valence electrons. The number of nitrogens with zero attached hydrogens (tertiary/aromatic N) is 2. The summed E-state index contributed by atoms with van der Waals surface area (Å²) in [6.07, 6.45) is 1.70. The highest BCUT2D eigenvalue weighted by Gasteiger charge is 2.10. The van der Waals surface area contributed by atoms with Crippen molar-refractivity contribution in [1.82, 2.24) is 9.78 Å². The minimum absolute atomic E-state index is 0.126. The normalized spacial score (nSPS) is 12.4. The largest absolute Gasteiger partial charge is 0.497 e. The average Bonchev–Trinajstić information content (AvgIpc) is 2.75. The van der Waals surface area contributed by atoms with Crippen molar-refractivity contribution in [3.63, 3.8) is 0 Å². The fourth-order valence-corrected chi connectivity index (χ4v) is 1.67. The number of nitrogens with two attached hydrogens (primary N) is 1. The summed E-state index contributed by atoms with van der Waals surface area (Å²) in [4.78, 5) is 0. The molecule has 0 saturated carbocycles. The van der Waals surface area contributed by atoms with E-state index < -0.39 is 0 Å². The van der Waals surface area contributed by atoms with Crippen LogP contribution >= 0.6 is 0 Å². The second kappa shape index (κ2) is 4.26. The van der Waals surface area contributed by atoms with Crippen molar-refractivity contribution >= 4 is 5.82 Å². The van der Waals surface area contributed by atoms with Crippen molar-refractivity contribution in [2.24, 2.45) is 0 Å². The summed E-state index contributed by atoms with van der Waals surface area (Å²) in [7, 11) is 1.66. The molecular weight excluding hydrogens is 202 g/mol. The van der Waals surface area contributed by atoms with Crippen molar-refractivity contribution < 1.29 is 4.74 Å². The first-order valence-corrected chi connectivity index (χ1v) is 5.15. The molecule has 4 heteroatoms. The molecule has 4 nitrogen and oxygen atoms in total. The maximum Gasteiger partial charge on any atom is 0.122 e. The van der Waals surface area contributed by atoms with E-state index in [0.717, 1.165) is 11.3 Å². The van der Waals surface area contributed by atoms with Crippen LogP contribution in [0.2, 0.25) is 0 Å². The highest BCUT2D eigenvalue weighted by Crippen LogP contribution is 2.22.